The average molecular weight is 227 g/mol. The van der Waals surface area contributed by atoms with Crippen LogP contribution in [0.25, 0.3) is 0 Å². The summed E-state index contributed by atoms with van der Waals surface area (Å²) in [6.07, 6.45) is 5.25. The molecule has 16 heavy (non-hydrogen) atoms. The largest absolute Gasteiger partial charge is 0.396 e. The summed E-state index contributed by atoms with van der Waals surface area (Å²) in [4.78, 5) is 2.55. The van der Waals surface area contributed by atoms with Gasteiger partial charge in [0.25, 0.3) is 0 Å². The van der Waals surface area contributed by atoms with E-state index in [1.165, 1.54) is 12.8 Å². The van der Waals surface area contributed by atoms with E-state index in [1.807, 2.05) is 0 Å². The minimum Gasteiger partial charge on any atom is -0.396 e. The molecule has 3 nitrogen and oxygen atoms in total. The van der Waals surface area contributed by atoms with Gasteiger partial charge < -0.3 is 10.2 Å². The Labute approximate surface area is 98.5 Å². The number of rotatable bonds is 4. The number of aliphatic hydroxyl groups is 2. The van der Waals surface area contributed by atoms with Crippen LogP contribution in [0.1, 0.15) is 46.0 Å². The van der Waals surface area contributed by atoms with Crippen molar-refractivity contribution in [3.8, 4) is 0 Å². The highest BCUT2D eigenvalue weighted by Gasteiger charge is 2.42. The molecular formula is C13H25NO2. The molecule has 2 N–H and O–H groups in total. The van der Waals surface area contributed by atoms with Crippen LogP contribution in [0.2, 0.25) is 0 Å². The van der Waals surface area contributed by atoms with Crippen molar-refractivity contribution < 1.29 is 10.2 Å². The number of nitrogens with zero attached hydrogens (tertiary/aromatic N) is 1. The van der Waals surface area contributed by atoms with E-state index in [0.29, 0.717) is 12.1 Å². The molecule has 3 heteroatoms. The van der Waals surface area contributed by atoms with Crippen LogP contribution in [-0.2, 0) is 0 Å². The minimum absolute atomic E-state index is 0.0309. The van der Waals surface area contributed by atoms with E-state index in [-0.39, 0.29) is 18.1 Å². The summed E-state index contributed by atoms with van der Waals surface area (Å²) in [5.74, 6) is 0. The number of hydrogen-bond acceptors (Lipinski definition) is 3. The van der Waals surface area contributed by atoms with Gasteiger partial charge in [-0.25, -0.2) is 0 Å². The number of fused-ring (bicyclic) bond motifs is 2. The minimum atomic E-state index is -0.0873. The van der Waals surface area contributed by atoms with E-state index in [4.69, 9.17) is 0 Å². The summed E-state index contributed by atoms with van der Waals surface area (Å²) in [6.45, 7) is 5.57. The summed E-state index contributed by atoms with van der Waals surface area (Å²) in [5, 5.41) is 19.2. The number of piperidine rings is 1. The molecule has 0 spiro atoms. The monoisotopic (exact) mass is 227 g/mol. The smallest absolute Gasteiger partial charge is 0.0570 e. The third-order valence-electron chi connectivity index (χ3n) is 4.66. The van der Waals surface area contributed by atoms with Crippen LogP contribution in [0.15, 0.2) is 0 Å². The molecule has 0 aliphatic carbocycles. The fraction of sp³-hybridized carbons (Fsp3) is 1.00. The molecule has 2 bridgehead atoms. The van der Waals surface area contributed by atoms with Gasteiger partial charge in [-0.15, -0.1) is 0 Å². The van der Waals surface area contributed by atoms with Gasteiger partial charge in [0, 0.05) is 30.7 Å². The Kier molecular flexibility index (Phi) is 3.57. The van der Waals surface area contributed by atoms with E-state index >= 15 is 0 Å². The summed E-state index contributed by atoms with van der Waals surface area (Å²) >= 11 is 0. The van der Waals surface area contributed by atoms with Gasteiger partial charge in [0.05, 0.1) is 6.10 Å². The lowest BCUT2D eigenvalue weighted by atomic mass is 9.86. The maximum atomic E-state index is 9.74. The van der Waals surface area contributed by atoms with E-state index in [1.54, 1.807) is 0 Å². The van der Waals surface area contributed by atoms with Crippen LogP contribution in [0, 0.1) is 5.41 Å². The third kappa shape index (κ3) is 2.27. The van der Waals surface area contributed by atoms with Crippen molar-refractivity contribution >= 4 is 0 Å². The van der Waals surface area contributed by atoms with Gasteiger partial charge in [0.15, 0.2) is 0 Å². The second kappa shape index (κ2) is 4.63. The first kappa shape index (κ1) is 12.3. The van der Waals surface area contributed by atoms with Gasteiger partial charge >= 0.3 is 0 Å². The Hall–Kier alpha value is -0.120. The van der Waals surface area contributed by atoms with E-state index in [0.717, 1.165) is 25.8 Å². The summed E-state index contributed by atoms with van der Waals surface area (Å²) in [7, 11) is 0. The normalized spacial score (nSPS) is 38.6. The predicted octanol–water partition coefficient (Wildman–Crippen LogP) is 1.38. The first-order chi connectivity index (χ1) is 7.58. The van der Waals surface area contributed by atoms with Crippen LogP contribution in [0.5, 0.6) is 0 Å². The van der Waals surface area contributed by atoms with Crippen molar-refractivity contribution in [1.29, 1.82) is 0 Å². The molecule has 2 fully saturated rings. The highest BCUT2D eigenvalue weighted by Crippen LogP contribution is 2.38. The SMILES string of the molecule is CCC(C)(CO)CN1C2CCC1CC(O)C2. The lowest BCUT2D eigenvalue weighted by Crippen LogP contribution is -2.49. The van der Waals surface area contributed by atoms with Gasteiger partial charge in [0.1, 0.15) is 0 Å². The molecule has 2 heterocycles. The Morgan fingerprint density at radius 3 is 2.25 bits per heavy atom. The van der Waals surface area contributed by atoms with E-state index in [2.05, 4.69) is 18.7 Å². The van der Waals surface area contributed by atoms with Gasteiger partial charge in [-0.1, -0.05) is 13.8 Å². The third-order valence-corrected chi connectivity index (χ3v) is 4.66. The molecule has 0 aromatic rings. The molecule has 3 atom stereocenters. The predicted molar refractivity (Wildman–Crippen MR) is 64.2 cm³/mol. The van der Waals surface area contributed by atoms with Crippen LogP contribution < -0.4 is 0 Å². The number of hydrogen-bond donors (Lipinski definition) is 2. The fourth-order valence-electron chi connectivity index (χ4n) is 3.22. The maximum absolute atomic E-state index is 9.74. The molecular weight excluding hydrogens is 202 g/mol. The first-order valence-electron chi connectivity index (χ1n) is 6.62. The van der Waals surface area contributed by atoms with Crippen molar-refractivity contribution in [2.45, 2.75) is 64.1 Å². The average Bonchev–Trinajstić information content (AvgIpc) is 2.52. The molecule has 2 saturated heterocycles. The van der Waals surface area contributed by atoms with Crippen LogP contribution >= 0.6 is 0 Å². The molecule has 0 aromatic carbocycles. The second-order valence-corrected chi connectivity index (χ2v) is 6.00. The lowest BCUT2D eigenvalue weighted by molar-refractivity contribution is -0.00171. The Morgan fingerprint density at radius 1 is 1.25 bits per heavy atom. The van der Waals surface area contributed by atoms with E-state index < -0.39 is 0 Å². The van der Waals surface area contributed by atoms with Crippen molar-refractivity contribution in [3.63, 3.8) is 0 Å². The molecule has 2 rings (SSSR count). The number of aliphatic hydroxyl groups excluding tert-OH is 2. The zero-order valence-corrected chi connectivity index (χ0v) is 10.5. The van der Waals surface area contributed by atoms with Crippen LogP contribution in [0.4, 0.5) is 0 Å². The maximum Gasteiger partial charge on any atom is 0.0570 e. The van der Waals surface area contributed by atoms with Crippen molar-refractivity contribution in [2.24, 2.45) is 5.41 Å². The lowest BCUT2D eigenvalue weighted by Gasteiger charge is -2.42. The highest BCUT2D eigenvalue weighted by molar-refractivity contribution is 4.97. The van der Waals surface area contributed by atoms with Crippen molar-refractivity contribution in [2.75, 3.05) is 13.2 Å². The second-order valence-electron chi connectivity index (χ2n) is 6.00. The quantitative estimate of drug-likeness (QED) is 0.762. The van der Waals surface area contributed by atoms with Crippen molar-refractivity contribution in [1.82, 2.24) is 4.90 Å². The first-order valence-corrected chi connectivity index (χ1v) is 6.62. The Balaban J connectivity index is 2.01. The summed E-state index contributed by atoms with van der Waals surface area (Å²) in [5.41, 5.74) is 0.0309. The zero-order valence-electron chi connectivity index (χ0n) is 10.5. The molecule has 2 aliphatic rings. The standard InChI is InChI=1S/C13H25NO2/c1-3-13(2,9-15)8-14-10-4-5-11(14)7-12(16)6-10/h10-12,15-16H,3-9H2,1-2H3. The summed E-state index contributed by atoms with van der Waals surface area (Å²) < 4.78 is 0. The summed E-state index contributed by atoms with van der Waals surface area (Å²) in [6, 6.07) is 1.12. The van der Waals surface area contributed by atoms with Gasteiger partial charge in [-0.3, -0.25) is 4.90 Å². The molecule has 94 valence electrons. The molecule has 0 amide bonds. The van der Waals surface area contributed by atoms with E-state index in [9.17, 15) is 10.2 Å². The topological polar surface area (TPSA) is 43.7 Å². The van der Waals surface area contributed by atoms with Gasteiger partial charge in [0.2, 0.25) is 0 Å². The van der Waals surface area contributed by atoms with Crippen LogP contribution in [-0.4, -0.2) is 46.5 Å². The van der Waals surface area contributed by atoms with Crippen LogP contribution in [0.3, 0.4) is 0 Å². The Morgan fingerprint density at radius 2 is 1.81 bits per heavy atom. The molecule has 0 saturated carbocycles. The molecule has 3 unspecified atom stereocenters. The Bertz CT molecular complexity index is 226. The van der Waals surface area contributed by atoms with Crippen molar-refractivity contribution in [3.05, 3.63) is 0 Å². The zero-order chi connectivity index (χ0) is 11.8. The highest BCUT2D eigenvalue weighted by atomic mass is 16.3. The molecule has 2 aliphatic heterocycles. The van der Waals surface area contributed by atoms with Gasteiger partial charge in [-0.05, 0) is 32.1 Å². The fourth-order valence-corrected chi connectivity index (χ4v) is 3.22. The van der Waals surface area contributed by atoms with Gasteiger partial charge in [-0.2, -0.15) is 0 Å². The molecule has 0 radical (unpaired) electrons. The molecule has 0 aromatic heterocycles.